The van der Waals surface area contributed by atoms with Crippen molar-refractivity contribution < 1.29 is 0 Å². The quantitative estimate of drug-likeness (QED) is 0.714. The highest BCUT2D eigenvalue weighted by atomic mass is 32.2. The van der Waals surface area contributed by atoms with Crippen LogP contribution in [-0.4, -0.2) is 36.1 Å². The van der Waals surface area contributed by atoms with Crippen molar-refractivity contribution in [2.24, 2.45) is 10.4 Å². The summed E-state index contributed by atoms with van der Waals surface area (Å²) in [6, 6.07) is 0. The molecular weight excluding hydrogens is 194 g/mol. The first kappa shape index (κ1) is 11.9. The molecule has 0 spiro atoms. The van der Waals surface area contributed by atoms with Crippen molar-refractivity contribution >= 4 is 16.9 Å². The van der Waals surface area contributed by atoms with Crippen LogP contribution in [0.2, 0.25) is 0 Å². The highest BCUT2D eigenvalue weighted by Gasteiger charge is 2.24. The number of hydrogen-bond acceptors (Lipinski definition) is 4. The summed E-state index contributed by atoms with van der Waals surface area (Å²) in [7, 11) is 3.97. The van der Waals surface area contributed by atoms with E-state index in [1.165, 1.54) is 6.42 Å². The van der Waals surface area contributed by atoms with Crippen LogP contribution in [0.1, 0.15) is 27.2 Å². The fourth-order valence-corrected chi connectivity index (χ4v) is 2.89. The van der Waals surface area contributed by atoms with Crippen LogP contribution in [0.5, 0.6) is 0 Å². The Balaban J connectivity index is 2.32. The van der Waals surface area contributed by atoms with Gasteiger partial charge in [-0.05, 0) is 11.8 Å². The molecule has 0 aliphatic carbocycles. The van der Waals surface area contributed by atoms with Gasteiger partial charge in [0.15, 0.2) is 5.17 Å². The topological polar surface area (TPSA) is 27.6 Å². The van der Waals surface area contributed by atoms with E-state index in [9.17, 15) is 0 Å². The Morgan fingerprint density at radius 2 is 2.14 bits per heavy atom. The summed E-state index contributed by atoms with van der Waals surface area (Å²) in [4.78, 5) is 4.47. The lowest BCUT2D eigenvalue weighted by Crippen LogP contribution is -2.33. The van der Waals surface area contributed by atoms with E-state index in [2.05, 4.69) is 31.2 Å². The number of nitrogens with one attached hydrogen (secondary N) is 1. The van der Waals surface area contributed by atoms with Gasteiger partial charge in [0.05, 0.1) is 6.54 Å². The molecule has 1 unspecified atom stereocenters. The number of nitrogens with zero attached hydrogens (tertiary/aromatic N) is 2. The molecule has 4 heteroatoms. The minimum Gasteiger partial charge on any atom is -0.298 e. The average Bonchev–Trinajstić information content (AvgIpc) is 2.30. The van der Waals surface area contributed by atoms with Gasteiger partial charge in [-0.1, -0.05) is 32.5 Å². The molecule has 0 aromatic rings. The summed E-state index contributed by atoms with van der Waals surface area (Å²) in [6.45, 7) is 7.80. The molecule has 0 amide bonds. The zero-order valence-electron chi connectivity index (χ0n) is 9.79. The third kappa shape index (κ3) is 4.33. The van der Waals surface area contributed by atoms with Crippen LogP contribution < -0.4 is 5.43 Å². The molecule has 0 saturated carbocycles. The summed E-state index contributed by atoms with van der Waals surface area (Å²) in [5.41, 5.74) is 3.61. The van der Waals surface area contributed by atoms with Crippen LogP contribution in [0.15, 0.2) is 4.99 Å². The lowest BCUT2D eigenvalue weighted by Gasteiger charge is -2.21. The van der Waals surface area contributed by atoms with Crippen molar-refractivity contribution in [2.75, 3.05) is 20.6 Å². The maximum absolute atomic E-state index is 4.47. The lowest BCUT2D eigenvalue weighted by molar-refractivity contribution is 0.365. The molecule has 1 aliphatic rings. The molecule has 0 bridgehead atoms. The lowest BCUT2D eigenvalue weighted by atomic mass is 9.90. The first-order valence-corrected chi connectivity index (χ1v) is 5.90. The molecule has 0 radical (unpaired) electrons. The van der Waals surface area contributed by atoms with E-state index in [4.69, 9.17) is 0 Å². The second-order valence-electron chi connectivity index (χ2n) is 5.16. The largest absolute Gasteiger partial charge is 0.298 e. The molecule has 1 atom stereocenters. The van der Waals surface area contributed by atoms with Gasteiger partial charge in [0.25, 0.3) is 0 Å². The monoisotopic (exact) mass is 215 g/mol. The molecule has 1 rings (SSSR count). The van der Waals surface area contributed by atoms with E-state index in [0.29, 0.717) is 10.7 Å². The van der Waals surface area contributed by atoms with Gasteiger partial charge < -0.3 is 0 Å². The Hall–Kier alpha value is -0.220. The van der Waals surface area contributed by atoms with Crippen molar-refractivity contribution in [3.05, 3.63) is 0 Å². The van der Waals surface area contributed by atoms with Gasteiger partial charge in [-0.15, -0.1) is 0 Å². The Morgan fingerprint density at radius 3 is 2.64 bits per heavy atom. The van der Waals surface area contributed by atoms with E-state index < -0.39 is 0 Å². The summed E-state index contributed by atoms with van der Waals surface area (Å²) < 4.78 is 0. The Bertz CT molecular complexity index is 218. The van der Waals surface area contributed by atoms with Crippen LogP contribution >= 0.6 is 11.8 Å². The molecule has 1 N–H and O–H groups in total. The number of hydrazine groups is 1. The van der Waals surface area contributed by atoms with Gasteiger partial charge in [-0.2, -0.15) is 0 Å². The predicted molar refractivity (Wildman–Crippen MR) is 64.6 cm³/mol. The number of amidine groups is 1. The van der Waals surface area contributed by atoms with Crippen LogP contribution in [-0.2, 0) is 0 Å². The molecular formula is C10H21N3S. The second-order valence-corrected chi connectivity index (χ2v) is 6.45. The Kier molecular flexibility index (Phi) is 3.84. The van der Waals surface area contributed by atoms with Crippen LogP contribution in [0.25, 0.3) is 0 Å². The molecule has 0 aromatic carbocycles. The van der Waals surface area contributed by atoms with Crippen molar-refractivity contribution in [1.82, 2.24) is 10.4 Å². The van der Waals surface area contributed by atoms with E-state index in [1.807, 2.05) is 30.9 Å². The highest BCUT2D eigenvalue weighted by molar-refractivity contribution is 8.14. The Morgan fingerprint density at radius 1 is 1.50 bits per heavy atom. The fourth-order valence-electron chi connectivity index (χ4n) is 1.46. The molecule has 14 heavy (non-hydrogen) atoms. The van der Waals surface area contributed by atoms with Crippen LogP contribution in [0.3, 0.4) is 0 Å². The summed E-state index contributed by atoms with van der Waals surface area (Å²) in [5, 5.41) is 3.65. The van der Waals surface area contributed by atoms with Crippen molar-refractivity contribution in [3.63, 3.8) is 0 Å². The van der Waals surface area contributed by atoms with Crippen molar-refractivity contribution in [2.45, 2.75) is 32.4 Å². The fraction of sp³-hybridized carbons (Fsp3) is 0.900. The SMILES string of the molecule is CN(C)NC1=NCC(CC(C)(C)C)S1. The van der Waals surface area contributed by atoms with E-state index >= 15 is 0 Å². The zero-order valence-corrected chi connectivity index (χ0v) is 10.6. The van der Waals surface area contributed by atoms with Gasteiger partial charge >= 0.3 is 0 Å². The maximum Gasteiger partial charge on any atom is 0.171 e. The average molecular weight is 215 g/mol. The smallest absolute Gasteiger partial charge is 0.171 e. The zero-order chi connectivity index (χ0) is 10.8. The van der Waals surface area contributed by atoms with E-state index in [-0.39, 0.29) is 0 Å². The first-order valence-electron chi connectivity index (χ1n) is 5.02. The molecule has 0 saturated heterocycles. The molecule has 82 valence electrons. The van der Waals surface area contributed by atoms with Gasteiger partial charge in [0.1, 0.15) is 0 Å². The third-order valence-corrected chi connectivity index (χ3v) is 2.97. The second kappa shape index (κ2) is 4.53. The highest BCUT2D eigenvalue weighted by Crippen LogP contribution is 2.31. The molecule has 1 aliphatic heterocycles. The van der Waals surface area contributed by atoms with E-state index in [1.54, 1.807) is 0 Å². The third-order valence-electron chi connectivity index (χ3n) is 1.88. The van der Waals surface area contributed by atoms with E-state index in [0.717, 1.165) is 11.7 Å². The molecule has 0 aromatic heterocycles. The maximum atomic E-state index is 4.47. The van der Waals surface area contributed by atoms with Gasteiger partial charge in [-0.3, -0.25) is 10.4 Å². The molecule has 3 nitrogen and oxygen atoms in total. The molecule has 1 heterocycles. The van der Waals surface area contributed by atoms with Gasteiger partial charge in [-0.25, -0.2) is 5.01 Å². The van der Waals surface area contributed by atoms with Crippen LogP contribution in [0.4, 0.5) is 0 Å². The summed E-state index contributed by atoms with van der Waals surface area (Å²) in [6.07, 6.45) is 1.22. The van der Waals surface area contributed by atoms with Gasteiger partial charge in [0.2, 0.25) is 0 Å². The van der Waals surface area contributed by atoms with Crippen molar-refractivity contribution in [3.8, 4) is 0 Å². The Labute approximate surface area is 91.3 Å². The van der Waals surface area contributed by atoms with Crippen LogP contribution in [0, 0.1) is 5.41 Å². The first-order chi connectivity index (χ1) is 6.37. The molecule has 0 fully saturated rings. The number of hydrogen-bond donors (Lipinski definition) is 1. The normalized spacial score (nSPS) is 22.7. The minimum absolute atomic E-state index is 0.404. The van der Waals surface area contributed by atoms with Gasteiger partial charge in [0, 0.05) is 19.3 Å². The van der Waals surface area contributed by atoms with Crippen molar-refractivity contribution in [1.29, 1.82) is 0 Å². The number of rotatable bonds is 2. The predicted octanol–water partition coefficient (Wildman–Crippen LogP) is 1.96. The standard InChI is InChI=1S/C10H21N3S/c1-10(2,3)6-8-7-11-9(14-8)12-13(4)5/h8H,6-7H2,1-5H3,(H,11,12). The number of aliphatic imine (C=N–C) groups is 1. The summed E-state index contributed by atoms with van der Waals surface area (Å²) >= 11 is 1.86. The number of thioether (sulfide) groups is 1. The minimum atomic E-state index is 0.404. The summed E-state index contributed by atoms with van der Waals surface area (Å²) in [5.74, 6) is 0.